The molecule has 0 aliphatic heterocycles. The molecule has 0 unspecified atom stereocenters. The Bertz CT molecular complexity index is 481. The second kappa shape index (κ2) is 9.74. The van der Waals surface area contributed by atoms with Gasteiger partial charge in [0, 0.05) is 25.3 Å². The third-order valence-electron chi connectivity index (χ3n) is 4.34. The third kappa shape index (κ3) is 5.67. The van der Waals surface area contributed by atoms with Gasteiger partial charge in [0.2, 0.25) is 5.88 Å². The number of hydrogen-bond donors (Lipinski definition) is 0. The molecule has 0 fully saturated rings. The van der Waals surface area contributed by atoms with Crippen LogP contribution in [0.1, 0.15) is 48.0 Å². The Hall–Kier alpha value is -1.31. The normalized spacial score (nSPS) is 11.7. The van der Waals surface area contributed by atoms with Gasteiger partial charge in [0.15, 0.2) is 14.9 Å². The van der Waals surface area contributed by atoms with Crippen molar-refractivity contribution in [1.82, 2.24) is 4.98 Å². The molecule has 4 heteroatoms. The average molecular weight is 334 g/mol. The fourth-order valence-corrected chi connectivity index (χ4v) is 8.92. The Morgan fingerprint density at radius 3 is 2.17 bits per heavy atom. The molecular formula is C19H31NO2Si. The number of hydrogen-bond acceptors (Lipinski definition) is 3. The zero-order valence-corrected chi connectivity index (χ0v) is 16.4. The summed E-state index contributed by atoms with van der Waals surface area (Å²) < 4.78 is 11.9. The molecule has 0 spiro atoms. The molecule has 0 bridgehead atoms. The summed E-state index contributed by atoms with van der Waals surface area (Å²) in [5, 5.41) is 0. The molecule has 128 valence electrons. The van der Waals surface area contributed by atoms with Gasteiger partial charge in [-0.3, -0.25) is 0 Å². The van der Waals surface area contributed by atoms with Crippen molar-refractivity contribution in [2.45, 2.75) is 64.6 Å². The second-order valence-corrected chi connectivity index (χ2v) is 12.2. The van der Waals surface area contributed by atoms with Crippen LogP contribution in [0, 0.1) is 11.8 Å². The van der Waals surface area contributed by atoms with E-state index < -0.39 is 8.32 Å². The molecule has 0 aliphatic carbocycles. The lowest BCUT2D eigenvalue weighted by Crippen LogP contribution is -2.47. The molecule has 1 aromatic rings. The van der Waals surface area contributed by atoms with E-state index in [0.29, 0.717) is 29.1 Å². The SMILES string of the molecule is CC(C)[Si](OCCC#CCOc1ccccn1)(C(C)C)C(C)C. The molecule has 0 N–H and O–H groups in total. The van der Waals surface area contributed by atoms with Crippen LogP contribution >= 0.6 is 0 Å². The standard InChI is InChI=1S/C19H31NO2Si/c1-16(2)23(17(3)4,18(5)6)22-15-11-7-10-14-21-19-12-8-9-13-20-19/h8-9,12-13,16-18H,11,14-15H2,1-6H3. The van der Waals surface area contributed by atoms with Crippen molar-refractivity contribution >= 4 is 8.32 Å². The van der Waals surface area contributed by atoms with Gasteiger partial charge in [0.25, 0.3) is 0 Å². The minimum absolute atomic E-state index is 0.373. The maximum Gasteiger partial charge on any atom is 0.214 e. The highest BCUT2D eigenvalue weighted by atomic mass is 28.4. The summed E-state index contributed by atoms with van der Waals surface area (Å²) in [6, 6.07) is 5.60. The average Bonchev–Trinajstić information content (AvgIpc) is 2.50. The van der Waals surface area contributed by atoms with Crippen molar-refractivity contribution in [2.75, 3.05) is 13.2 Å². The van der Waals surface area contributed by atoms with Gasteiger partial charge in [-0.1, -0.05) is 59.4 Å². The molecule has 0 atom stereocenters. The van der Waals surface area contributed by atoms with E-state index in [1.165, 1.54) is 0 Å². The Morgan fingerprint density at radius 1 is 1.00 bits per heavy atom. The van der Waals surface area contributed by atoms with Gasteiger partial charge in [-0.05, 0) is 22.7 Å². The van der Waals surface area contributed by atoms with E-state index in [9.17, 15) is 0 Å². The molecule has 3 nitrogen and oxygen atoms in total. The third-order valence-corrected chi connectivity index (χ3v) is 10.5. The highest BCUT2D eigenvalue weighted by molar-refractivity contribution is 6.77. The number of aromatic nitrogens is 1. The highest BCUT2D eigenvalue weighted by Gasteiger charge is 2.44. The first-order chi connectivity index (χ1) is 10.9. The summed E-state index contributed by atoms with van der Waals surface area (Å²) in [5.74, 6) is 6.79. The maximum atomic E-state index is 6.46. The number of rotatable bonds is 8. The second-order valence-electron chi connectivity index (χ2n) is 6.73. The van der Waals surface area contributed by atoms with E-state index in [1.807, 2.05) is 18.2 Å². The van der Waals surface area contributed by atoms with Crippen molar-refractivity contribution in [3.05, 3.63) is 24.4 Å². The van der Waals surface area contributed by atoms with E-state index in [0.717, 1.165) is 13.0 Å². The van der Waals surface area contributed by atoms with Crippen LogP contribution in [0.5, 0.6) is 5.88 Å². The van der Waals surface area contributed by atoms with Crippen LogP contribution < -0.4 is 4.74 Å². The summed E-state index contributed by atoms with van der Waals surface area (Å²) in [6.07, 6.45) is 2.47. The first-order valence-corrected chi connectivity index (χ1v) is 10.7. The van der Waals surface area contributed by atoms with Crippen LogP contribution in [0.15, 0.2) is 24.4 Å². The smallest absolute Gasteiger partial charge is 0.214 e. The molecule has 0 saturated heterocycles. The zero-order chi connectivity index (χ0) is 17.3. The summed E-state index contributed by atoms with van der Waals surface area (Å²) in [4.78, 5) is 4.09. The van der Waals surface area contributed by atoms with E-state index in [2.05, 4.69) is 58.4 Å². The molecule has 0 aliphatic rings. The van der Waals surface area contributed by atoms with E-state index in [4.69, 9.17) is 9.16 Å². The molecule has 0 radical (unpaired) electrons. The van der Waals surface area contributed by atoms with Gasteiger partial charge < -0.3 is 9.16 Å². The lowest BCUT2D eigenvalue weighted by molar-refractivity contribution is 0.285. The minimum atomic E-state index is -1.76. The molecule has 1 heterocycles. The Morgan fingerprint density at radius 2 is 1.65 bits per heavy atom. The number of ether oxygens (including phenoxy) is 1. The van der Waals surface area contributed by atoms with Gasteiger partial charge in [-0.15, -0.1) is 0 Å². The van der Waals surface area contributed by atoms with Gasteiger partial charge in [0.1, 0.15) is 0 Å². The Kier molecular flexibility index (Phi) is 8.36. The van der Waals surface area contributed by atoms with Crippen LogP contribution in [0.4, 0.5) is 0 Å². The molecule has 1 rings (SSSR count). The number of nitrogens with zero attached hydrogens (tertiary/aromatic N) is 1. The van der Waals surface area contributed by atoms with Crippen molar-refractivity contribution in [3.8, 4) is 17.7 Å². The minimum Gasteiger partial charge on any atom is -0.464 e. The van der Waals surface area contributed by atoms with Crippen LogP contribution in [-0.2, 0) is 4.43 Å². The lowest BCUT2D eigenvalue weighted by Gasteiger charge is -2.42. The molecule has 23 heavy (non-hydrogen) atoms. The fraction of sp³-hybridized carbons (Fsp3) is 0.632. The van der Waals surface area contributed by atoms with Crippen LogP contribution in [-0.4, -0.2) is 26.5 Å². The first-order valence-electron chi connectivity index (χ1n) is 8.54. The molecular weight excluding hydrogens is 302 g/mol. The van der Waals surface area contributed by atoms with Crippen LogP contribution in [0.25, 0.3) is 0 Å². The maximum absolute atomic E-state index is 6.46. The predicted molar refractivity (Wildman–Crippen MR) is 99.1 cm³/mol. The van der Waals surface area contributed by atoms with E-state index in [1.54, 1.807) is 6.20 Å². The highest BCUT2D eigenvalue weighted by Crippen LogP contribution is 2.42. The van der Waals surface area contributed by atoms with Crippen molar-refractivity contribution < 1.29 is 9.16 Å². The summed E-state index contributed by atoms with van der Waals surface area (Å²) in [6.45, 7) is 14.9. The monoisotopic (exact) mass is 333 g/mol. The Labute approximate surface area is 142 Å². The van der Waals surface area contributed by atoms with Crippen molar-refractivity contribution in [3.63, 3.8) is 0 Å². The van der Waals surface area contributed by atoms with Crippen molar-refractivity contribution in [2.24, 2.45) is 0 Å². The van der Waals surface area contributed by atoms with Gasteiger partial charge in [-0.2, -0.15) is 0 Å². The summed E-state index contributed by atoms with van der Waals surface area (Å²) in [7, 11) is -1.76. The summed E-state index contributed by atoms with van der Waals surface area (Å²) >= 11 is 0. The quantitative estimate of drug-likeness (QED) is 0.379. The topological polar surface area (TPSA) is 31.4 Å². The van der Waals surface area contributed by atoms with Crippen LogP contribution in [0.2, 0.25) is 16.6 Å². The van der Waals surface area contributed by atoms with E-state index >= 15 is 0 Å². The number of pyridine rings is 1. The largest absolute Gasteiger partial charge is 0.464 e. The van der Waals surface area contributed by atoms with Gasteiger partial charge >= 0.3 is 0 Å². The molecule has 1 aromatic heterocycles. The zero-order valence-electron chi connectivity index (χ0n) is 15.4. The van der Waals surface area contributed by atoms with Gasteiger partial charge in [-0.25, -0.2) is 4.98 Å². The van der Waals surface area contributed by atoms with E-state index in [-0.39, 0.29) is 0 Å². The summed E-state index contributed by atoms with van der Waals surface area (Å²) in [5.41, 5.74) is 1.84. The molecule has 0 saturated carbocycles. The fourth-order valence-electron chi connectivity index (χ4n) is 3.46. The molecule has 0 amide bonds. The van der Waals surface area contributed by atoms with Crippen molar-refractivity contribution in [1.29, 1.82) is 0 Å². The molecule has 0 aromatic carbocycles. The van der Waals surface area contributed by atoms with Crippen LogP contribution in [0.3, 0.4) is 0 Å². The predicted octanol–water partition coefficient (Wildman–Crippen LogP) is 5.05. The Balaban J connectivity index is 2.42. The lowest BCUT2D eigenvalue weighted by atomic mass is 10.4. The van der Waals surface area contributed by atoms with Gasteiger partial charge in [0.05, 0.1) is 0 Å². The first kappa shape index (κ1) is 19.7.